The van der Waals surface area contributed by atoms with Crippen LogP contribution in [-0.2, 0) is 0 Å². The average molecular weight is 242 g/mol. The third kappa shape index (κ3) is 2.18. The summed E-state index contributed by atoms with van der Waals surface area (Å²) in [5, 5.41) is 0. The van der Waals surface area contributed by atoms with Gasteiger partial charge < -0.3 is 5.73 Å². The van der Waals surface area contributed by atoms with Crippen molar-refractivity contribution in [2.75, 3.05) is 5.73 Å². The molecule has 0 amide bonds. The van der Waals surface area contributed by atoms with Gasteiger partial charge in [0.2, 0.25) is 0 Å². The van der Waals surface area contributed by atoms with Crippen molar-refractivity contribution in [3.05, 3.63) is 35.4 Å². The Hall–Kier alpha value is -1.97. The van der Waals surface area contributed by atoms with Gasteiger partial charge in [0.25, 0.3) is 0 Å². The fourth-order valence-corrected chi connectivity index (χ4v) is 1.81. The normalized spacial score (nSPS) is 10.9. The number of aromatic nitrogens is 3. The summed E-state index contributed by atoms with van der Waals surface area (Å²) in [6, 6.07) is 1.97. The second-order valence-corrected chi connectivity index (χ2v) is 4.79. The molecule has 4 nitrogen and oxygen atoms in total. The van der Waals surface area contributed by atoms with E-state index in [1.165, 1.54) is 0 Å². The van der Waals surface area contributed by atoms with Gasteiger partial charge in [0.15, 0.2) is 0 Å². The molecule has 2 aromatic heterocycles. The Morgan fingerprint density at radius 1 is 1.17 bits per heavy atom. The first kappa shape index (κ1) is 12.5. The van der Waals surface area contributed by atoms with Gasteiger partial charge in [-0.3, -0.25) is 4.98 Å². The van der Waals surface area contributed by atoms with Crippen LogP contribution in [0.1, 0.15) is 36.7 Å². The smallest absolute Gasteiger partial charge is 0.133 e. The molecule has 2 N–H and O–H groups in total. The van der Waals surface area contributed by atoms with Crippen LogP contribution < -0.4 is 5.73 Å². The molecule has 94 valence electrons. The Balaban J connectivity index is 2.67. The third-order valence-electron chi connectivity index (χ3n) is 2.99. The van der Waals surface area contributed by atoms with E-state index in [9.17, 15) is 0 Å². The summed E-state index contributed by atoms with van der Waals surface area (Å²) in [6.07, 6.45) is 3.61. The maximum absolute atomic E-state index is 5.98. The van der Waals surface area contributed by atoms with Gasteiger partial charge in [-0.2, -0.15) is 0 Å². The Bertz CT molecular complexity index is 576. The first-order valence-electron chi connectivity index (χ1n) is 6.05. The lowest BCUT2D eigenvalue weighted by atomic mass is 10.0. The molecule has 4 heteroatoms. The predicted molar refractivity (Wildman–Crippen MR) is 73.2 cm³/mol. The minimum Gasteiger partial charge on any atom is -0.383 e. The number of rotatable bonds is 2. The van der Waals surface area contributed by atoms with E-state index in [1.54, 1.807) is 6.20 Å². The van der Waals surface area contributed by atoms with E-state index >= 15 is 0 Å². The monoisotopic (exact) mass is 242 g/mol. The molecule has 0 saturated carbocycles. The minimum absolute atomic E-state index is 0.258. The SMILES string of the molecule is Cc1cnccc1-c1nc(C(C)C)nc(N)c1C. The van der Waals surface area contributed by atoms with Crippen LogP contribution >= 0.6 is 0 Å². The molecule has 0 spiro atoms. The van der Waals surface area contributed by atoms with E-state index in [0.29, 0.717) is 5.82 Å². The lowest BCUT2D eigenvalue weighted by Gasteiger charge is -2.13. The Labute approximate surface area is 107 Å². The quantitative estimate of drug-likeness (QED) is 0.879. The van der Waals surface area contributed by atoms with Crippen LogP contribution in [0.15, 0.2) is 18.5 Å². The van der Waals surface area contributed by atoms with Crippen LogP contribution in [0, 0.1) is 13.8 Å². The van der Waals surface area contributed by atoms with Crippen molar-refractivity contribution in [1.82, 2.24) is 15.0 Å². The minimum atomic E-state index is 0.258. The topological polar surface area (TPSA) is 64.7 Å². The molecule has 0 fully saturated rings. The molecule has 2 rings (SSSR count). The van der Waals surface area contributed by atoms with Gasteiger partial charge in [0, 0.05) is 29.4 Å². The largest absolute Gasteiger partial charge is 0.383 e. The molecular formula is C14H18N4. The fraction of sp³-hybridized carbons (Fsp3) is 0.357. The molecule has 0 aliphatic heterocycles. The first-order chi connectivity index (χ1) is 8.50. The summed E-state index contributed by atoms with van der Waals surface area (Å²) in [4.78, 5) is 13.1. The molecule has 0 unspecified atom stereocenters. The van der Waals surface area contributed by atoms with Crippen molar-refractivity contribution < 1.29 is 0 Å². The lowest BCUT2D eigenvalue weighted by molar-refractivity contribution is 0.776. The van der Waals surface area contributed by atoms with Crippen molar-refractivity contribution in [2.45, 2.75) is 33.6 Å². The average Bonchev–Trinajstić information content (AvgIpc) is 2.33. The summed E-state index contributed by atoms with van der Waals surface area (Å²) in [5.74, 6) is 1.60. The highest BCUT2D eigenvalue weighted by molar-refractivity contribution is 5.69. The third-order valence-corrected chi connectivity index (χ3v) is 2.99. The number of nitrogen functional groups attached to an aromatic ring is 1. The molecule has 18 heavy (non-hydrogen) atoms. The molecule has 2 aromatic rings. The first-order valence-corrected chi connectivity index (χ1v) is 6.05. The number of pyridine rings is 1. The highest BCUT2D eigenvalue weighted by Crippen LogP contribution is 2.27. The van der Waals surface area contributed by atoms with Gasteiger partial charge in [-0.1, -0.05) is 13.8 Å². The molecular weight excluding hydrogens is 224 g/mol. The second kappa shape index (κ2) is 4.72. The highest BCUT2D eigenvalue weighted by Gasteiger charge is 2.14. The standard InChI is InChI=1S/C14H18N4/c1-8(2)14-17-12(10(4)13(15)18-14)11-5-6-16-7-9(11)3/h5-8H,1-4H3,(H2,15,17,18). The number of aryl methyl sites for hydroxylation is 1. The zero-order chi connectivity index (χ0) is 13.3. The number of hydrogen-bond acceptors (Lipinski definition) is 4. The van der Waals surface area contributed by atoms with Crippen LogP contribution in [0.4, 0.5) is 5.82 Å². The molecule has 0 bridgehead atoms. The van der Waals surface area contributed by atoms with Crippen molar-refractivity contribution >= 4 is 5.82 Å². The van der Waals surface area contributed by atoms with E-state index in [4.69, 9.17) is 5.73 Å². The van der Waals surface area contributed by atoms with Crippen LogP contribution in [0.25, 0.3) is 11.3 Å². The summed E-state index contributed by atoms with van der Waals surface area (Å²) < 4.78 is 0. The van der Waals surface area contributed by atoms with Crippen LogP contribution in [0.3, 0.4) is 0 Å². The second-order valence-electron chi connectivity index (χ2n) is 4.79. The van der Waals surface area contributed by atoms with Crippen molar-refractivity contribution in [1.29, 1.82) is 0 Å². The number of nitrogens with zero attached hydrogens (tertiary/aromatic N) is 3. The van der Waals surface area contributed by atoms with Crippen molar-refractivity contribution in [3.63, 3.8) is 0 Å². The van der Waals surface area contributed by atoms with E-state index in [0.717, 1.165) is 28.2 Å². The summed E-state index contributed by atoms with van der Waals surface area (Å²) >= 11 is 0. The van der Waals surface area contributed by atoms with Crippen molar-refractivity contribution in [3.8, 4) is 11.3 Å². The van der Waals surface area contributed by atoms with Crippen LogP contribution in [-0.4, -0.2) is 15.0 Å². The Kier molecular flexibility index (Phi) is 3.28. The summed E-state index contributed by atoms with van der Waals surface area (Å²) in [7, 11) is 0. The molecule has 0 aliphatic carbocycles. The predicted octanol–water partition coefficient (Wildman–Crippen LogP) is 2.86. The molecule has 0 radical (unpaired) electrons. The molecule has 0 atom stereocenters. The maximum Gasteiger partial charge on any atom is 0.133 e. The van der Waals surface area contributed by atoms with Gasteiger partial charge in [-0.05, 0) is 25.5 Å². The van der Waals surface area contributed by atoms with Gasteiger partial charge in [-0.25, -0.2) is 9.97 Å². The summed E-state index contributed by atoms with van der Waals surface area (Å²) in [5.41, 5.74) is 9.97. The molecule has 0 saturated heterocycles. The Morgan fingerprint density at radius 2 is 1.89 bits per heavy atom. The van der Waals surface area contributed by atoms with Gasteiger partial charge >= 0.3 is 0 Å². The van der Waals surface area contributed by atoms with E-state index in [-0.39, 0.29) is 5.92 Å². The van der Waals surface area contributed by atoms with E-state index in [1.807, 2.05) is 26.1 Å². The molecule has 0 aromatic carbocycles. The summed E-state index contributed by atoms with van der Waals surface area (Å²) in [6.45, 7) is 8.10. The van der Waals surface area contributed by atoms with E-state index < -0.39 is 0 Å². The number of nitrogens with two attached hydrogens (primary N) is 1. The molecule has 2 heterocycles. The highest BCUT2D eigenvalue weighted by atomic mass is 15.0. The molecule has 0 aliphatic rings. The maximum atomic E-state index is 5.98. The van der Waals surface area contributed by atoms with Crippen LogP contribution in [0.2, 0.25) is 0 Å². The zero-order valence-corrected chi connectivity index (χ0v) is 11.2. The van der Waals surface area contributed by atoms with Crippen molar-refractivity contribution in [2.24, 2.45) is 0 Å². The van der Waals surface area contributed by atoms with E-state index in [2.05, 4.69) is 28.8 Å². The Morgan fingerprint density at radius 3 is 2.50 bits per heavy atom. The van der Waals surface area contributed by atoms with Gasteiger partial charge in [0.05, 0.1) is 5.69 Å². The zero-order valence-electron chi connectivity index (χ0n) is 11.2. The number of hydrogen-bond donors (Lipinski definition) is 1. The fourth-order valence-electron chi connectivity index (χ4n) is 1.81. The van der Waals surface area contributed by atoms with Crippen LogP contribution in [0.5, 0.6) is 0 Å². The number of anilines is 1. The van der Waals surface area contributed by atoms with Gasteiger partial charge in [0.1, 0.15) is 11.6 Å². The van der Waals surface area contributed by atoms with Gasteiger partial charge in [-0.15, -0.1) is 0 Å². The lowest BCUT2D eigenvalue weighted by Crippen LogP contribution is -2.06.